The number of nitrogens with zero attached hydrogens (tertiary/aromatic N) is 2. The van der Waals surface area contributed by atoms with Crippen LogP contribution in [0.5, 0.6) is 0 Å². The normalized spacial score (nSPS) is 14.3. The van der Waals surface area contributed by atoms with Crippen LogP contribution in [0.3, 0.4) is 0 Å². The Labute approximate surface area is 158 Å². The molecular formula is C21H23N5O. The van der Waals surface area contributed by atoms with Crippen molar-refractivity contribution in [3.8, 4) is 24.2 Å². The third-order valence-electron chi connectivity index (χ3n) is 4.73. The van der Waals surface area contributed by atoms with E-state index in [1.54, 1.807) is 6.07 Å². The summed E-state index contributed by atoms with van der Waals surface area (Å²) in [5, 5.41) is 4.37. The maximum atomic E-state index is 11.5. The predicted molar refractivity (Wildman–Crippen MR) is 108 cm³/mol. The van der Waals surface area contributed by atoms with Gasteiger partial charge in [0.15, 0.2) is 5.82 Å². The van der Waals surface area contributed by atoms with Gasteiger partial charge in [-0.15, -0.1) is 12.8 Å². The van der Waals surface area contributed by atoms with Gasteiger partial charge < -0.3 is 16.0 Å². The van der Waals surface area contributed by atoms with E-state index in [1.807, 2.05) is 30.3 Å². The summed E-state index contributed by atoms with van der Waals surface area (Å²) in [4.78, 5) is 23.9. The first kappa shape index (κ1) is 18.5. The third kappa shape index (κ3) is 4.09. The molecule has 1 amide bonds. The molecule has 1 aromatic carbocycles. The van der Waals surface area contributed by atoms with Crippen molar-refractivity contribution in [2.45, 2.75) is 38.1 Å². The van der Waals surface area contributed by atoms with Gasteiger partial charge in [-0.1, -0.05) is 49.6 Å². The van der Waals surface area contributed by atoms with Crippen molar-refractivity contribution in [1.82, 2.24) is 15.0 Å². The smallest absolute Gasteiger partial charge is 0.265 e. The van der Waals surface area contributed by atoms with E-state index < -0.39 is 5.91 Å². The number of aromatic amines is 1. The summed E-state index contributed by atoms with van der Waals surface area (Å²) < 4.78 is 0. The number of hydrogen-bond donors (Lipinski definition) is 3. The number of primary amides is 1. The van der Waals surface area contributed by atoms with Gasteiger partial charge in [-0.3, -0.25) is 4.79 Å². The SMILES string of the molecule is C#C.NC(=O)c1cc2c(NC3CCCCC3)nc(-c3ccccc3)nc2[nH]1. The molecule has 0 saturated heterocycles. The number of terminal acetylenes is 1. The fourth-order valence-corrected chi connectivity index (χ4v) is 3.41. The zero-order chi connectivity index (χ0) is 19.2. The summed E-state index contributed by atoms with van der Waals surface area (Å²) in [6.45, 7) is 0. The average molecular weight is 361 g/mol. The van der Waals surface area contributed by atoms with E-state index in [2.05, 4.69) is 28.1 Å². The van der Waals surface area contributed by atoms with Crippen LogP contribution in [0.1, 0.15) is 42.6 Å². The van der Waals surface area contributed by atoms with Crippen molar-refractivity contribution >= 4 is 22.8 Å². The molecule has 0 atom stereocenters. The highest BCUT2D eigenvalue weighted by Crippen LogP contribution is 2.28. The van der Waals surface area contributed by atoms with Crippen molar-refractivity contribution in [2.75, 3.05) is 5.32 Å². The molecule has 27 heavy (non-hydrogen) atoms. The van der Waals surface area contributed by atoms with Crippen LogP contribution in [-0.4, -0.2) is 26.9 Å². The van der Waals surface area contributed by atoms with Crippen LogP contribution in [0.25, 0.3) is 22.4 Å². The van der Waals surface area contributed by atoms with E-state index in [0.717, 1.165) is 29.6 Å². The second-order valence-corrected chi connectivity index (χ2v) is 6.55. The fraction of sp³-hybridized carbons (Fsp3) is 0.286. The Hall–Kier alpha value is -3.33. The highest BCUT2D eigenvalue weighted by Gasteiger charge is 2.18. The van der Waals surface area contributed by atoms with E-state index in [-0.39, 0.29) is 0 Å². The fourth-order valence-electron chi connectivity index (χ4n) is 3.41. The first-order chi connectivity index (χ1) is 13.2. The molecule has 6 heteroatoms. The van der Waals surface area contributed by atoms with E-state index in [0.29, 0.717) is 23.2 Å². The second kappa shape index (κ2) is 8.37. The summed E-state index contributed by atoms with van der Waals surface area (Å²) in [6, 6.07) is 12.0. The van der Waals surface area contributed by atoms with Gasteiger partial charge in [0, 0.05) is 11.6 Å². The molecular weight excluding hydrogens is 338 g/mol. The molecule has 0 spiro atoms. The van der Waals surface area contributed by atoms with Gasteiger partial charge in [0.1, 0.15) is 17.2 Å². The van der Waals surface area contributed by atoms with Gasteiger partial charge in [0.05, 0.1) is 5.39 Å². The molecule has 0 bridgehead atoms. The Balaban J connectivity index is 0.00000102. The van der Waals surface area contributed by atoms with Crippen molar-refractivity contribution in [1.29, 1.82) is 0 Å². The predicted octanol–water partition coefficient (Wildman–Crippen LogP) is 3.72. The highest BCUT2D eigenvalue weighted by atomic mass is 16.1. The van der Waals surface area contributed by atoms with E-state index >= 15 is 0 Å². The maximum absolute atomic E-state index is 11.5. The number of aromatic nitrogens is 3. The topological polar surface area (TPSA) is 96.7 Å². The van der Waals surface area contributed by atoms with E-state index in [1.165, 1.54) is 19.3 Å². The van der Waals surface area contributed by atoms with Gasteiger partial charge in [-0.25, -0.2) is 9.97 Å². The summed E-state index contributed by atoms with van der Waals surface area (Å²) in [6.07, 6.45) is 14.0. The third-order valence-corrected chi connectivity index (χ3v) is 4.73. The van der Waals surface area contributed by atoms with E-state index in [4.69, 9.17) is 10.7 Å². The van der Waals surface area contributed by atoms with Crippen LogP contribution in [0.2, 0.25) is 0 Å². The molecule has 1 aliphatic carbocycles. The highest BCUT2D eigenvalue weighted by molar-refractivity contribution is 5.99. The molecule has 0 unspecified atom stereocenters. The van der Waals surface area contributed by atoms with Gasteiger partial charge in [0.25, 0.3) is 5.91 Å². The number of fused-ring (bicyclic) bond motifs is 1. The molecule has 0 radical (unpaired) electrons. The van der Waals surface area contributed by atoms with Crippen molar-refractivity contribution in [2.24, 2.45) is 5.73 Å². The number of carbonyl (C=O) groups excluding carboxylic acids is 1. The number of carbonyl (C=O) groups is 1. The largest absolute Gasteiger partial charge is 0.367 e. The lowest BCUT2D eigenvalue weighted by atomic mass is 9.95. The van der Waals surface area contributed by atoms with Gasteiger partial charge in [-0.05, 0) is 18.9 Å². The lowest BCUT2D eigenvalue weighted by molar-refractivity contribution is 0.0996. The number of H-pyrrole nitrogens is 1. The average Bonchev–Trinajstić information content (AvgIpc) is 3.16. The Bertz CT molecular complexity index is 939. The van der Waals surface area contributed by atoms with Crippen molar-refractivity contribution in [3.63, 3.8) is 0 Å². The summed E-state index contributed by atoms with van der Waals surface area (Å²) in [5.74, 6) is 0.895. The molecule has 138 valence electrons. The zero-order valence-corrected chi connectivity index (χ0v) is 15.1. The zero-order valence-electron chi connectivity index (χ0n) is 15.1. The number of amides is 1. The van der Waals surface area contributed by atoms with Crippen LogP contribution in [-0.2, 0) is 0 Å². The molecule has 0 aliphatic heterocycles. The van der Waals surface area contributed by atoms with Crippen molar-refractivity contribution < 1.29 is 4.79 Å². The Kier molecular flexibility index (Phi) is 5.72. The first-order valence-electron chi connectivity index (χ1n) is 9.06. The summed E-state index contributed by atoms with van der Waals surface area (Å²) >= 11 is 0. The molecule has 1 aliphatic rings. The quantitative estimate of drug-likeness (QED) is 0.617. The molecule has 1 saturated carbocycles. The van der Waals surface area contributed by atoms with Gasteiger partial charge >= 0.3 is 0 Å². The molecule has 2 aromatic heterocycles. The van der Waals surface area contributed by atoms with Crippen LogP contribution < -0.4 is 11.1 Å². The maximum Gasteiger partial charge on any atom is 0.265 e. The molecule has 1 fully saturated rings. The number of rotatable bonds is 4. The molecule has 6 nitrogen and oxygen atoms in total. The van der Waals surface area contributed by atoms with Crippen LogP contribution >= 0.6 is 0 Å². The minimum absolute atomic E-state index is 0.348. The minimum atomic E-state index is -0.497. The van der Waals surface area contributed by atoms with E-state index in [9.17, 15) is 4.79 Å². The Morgan fingerprint density at radius 1 is 1.11 bits per heavy atom. The Morgan fingerprint density at radius 2 is 1.81 bits per heavy atom. The van der Waals surface area contributed by atoms with Crippen molar-refractivity contribution in [3.05, 3.63) is 42.1 Å². The summed E-state index contributed by atoms with van der Waals surface area (Å²) in [5.41, 5.74) is 7.33. The van der Waals surface area contributed by atoms with Gasteiger partial charge in [-0.2, -0.15) is 0 Å². The molecule has 3 aromatic rings. The summed E-state index contributed by atoms with van der Waals surface area (Å²) in [7, 11) is 0. The van der Waals surface area contributed by atoms with Gasteiger partial charge in [0.2, 0.25) is 0 Å². The molecule has 2 heterocycles. The standard InChI is InChI=1S/C19H21N5O.C2H2/c20-16(25)15-11-14-18(21-13-9-5-2-6-10-13)23-17(24-19(14)22-15)12-7-3-1-4-8-12;1-2/h1,3-4,7-8,11,13H,2,5-6,9-10H2,(H2,20,25)(H2,21,22,23,24);1-2H. The van der Waals surface area contributed by atoms with Crippen LogP contribution in [0.15, 0.2) is 36.4 Å². The number of anilines is 1. The first-order valence-corrected chi connectivity index (χ1v) is 9.06. The number of hydrogen-bond acceptors (Lipinski definition) is 4. The number of benzene rings is 1. The minimum Gasteiger partial charge on any atom is -0.367 e. The number of nitrogens with one attached hydrogen (secondary N) is 2. The number of nitrogens with two attached hydrogens (primary N) is 1. The van der Waals surface area contributed by atoms with Crippen LogP contribution in [0.4, 0.5) is 5.82 Å². The Morgan fingerprint density at radius 3 is 2.48 bits per heavy atom. The second-order valence-electron chi connectivity index (χ2n) is 6.55. The molecule has 4 N–H and O–H groups in total. The molecule has 4 rings (SSSR count). The lowest BCUT2D eigenvalue weighted by Crippen LogP contribution is -2.23. The van der Waals surface area contributed by atoms with Crippen LogP contribution in [0, 0.1) is 12.8 Å². The lowest BCUT2D eigenvalue weighted by Gasteiger charge is -2.23. The monoisotopic (exact) mass is 361 g/mol.